The first-order valence-corrected chi connectivity index (χ1v) is 6.20. The molecule has 1 aromatic heterocycles. The Hall–Kier alpha value is -2.10. The van der Waals surface area contributed by atoms with Crippen LogP contribution in [0.5, 0.6) is 17.4 Å². The average molecular weight is 261 g/mol. The quantitative estimate of drug-likeness (QED) is 0.763. The van der Waals surface area contributed by atoms with Gasteiger partial charge >= 0.3 is 0 Å². The van der Waals surface area contributed by atoms with Crippen LogP contribution in [0.1, 0.15) is 18.9 Å². The summed E-state index contributed by atoms with van der Waals surface area (Å²) in [5.74, 6) is 0.790. The minimum atomic E-state index is -0.570. The molecule has 3 nitrogen and oxygen atoms in total. The molecular formula is C15H16FNO2. The van der Waals surface area contributed by atoms with E-state index in [1.165, 1.54) is 11.6 Å². The molecule has 1 heterocycles. The average Bonchev–Trinajstić information content (AvgIpc) is 2.41. The highest BCUT2D eigenvalue weighted by atomic mass is 19.1. The van der Waals surface area contributed by atoms with E-state index in [9.17, 15) is 4.39 Å². The van der Waals surface area contributed by atoms with Crippen molar-refractivity contribution in [2.24, 2.45) is 0 Å². The van der Waals surface area contributed by atoms with Crippen molar-refractivity contribution in [1.82, 2.24) is 4.98 Å². The maximum absolute atomic E-state index is 13.0. The molecule has 4 heteroatoms. The predicted molar refractivity (Wildman–Crippen MR) is 71.3 cm³/mol. The molecule has 0 aliphatic carbocycles. The monoisotopic (exact) mass is 261 g/mol. The van der Waals surface area contributed by atoms with Crippen LogP contribution in [0.4, 0.5) is 4.39 Å². The molecule has 0 atom stereocenters. The Morgan fingerprint density at radius 1 is 1.16 bits per heavy atom. The van der Waals surface area contributed by atoms with Crippen molar-refractivity contribution in [2.45, 2.75) is 19.8 Å². The number of methoxy groups -OCH3 is 1. The van der Waals surface area contributed by atoms with Gasteiger partial charge in [-0.25, -0.2) is 0 Å². The van der Waals surface area contributed by atoms with Gasteiger partial charge < -0.3 is 9.47 Å². The fourth-order valence-corrected chi connectivity index (χ4v) is 1.80. The number of hydrogen-bond acceptors (Lipinski definition) is 3. The zero-order valence-corrected chi connectivity index (χ0v) is 11.0. The number of hydrogen-bond donors (Lipinski definition) is 0. The minimum absolute atomic E-state index is 0.210. The van der Waals surface area contributed by atoms with Gasteiger partial charge in [0.25, 0.3) is 0 Å². The molecule has 2 rings (SSSR count). The van der Waals surface area contributed by atoms with Crippen LogP contribution in [0, 0.1) is 5.95 Å². The van der Waals surface area contributed by atoms with Gasteiger partial charge in [0.05, 0.1) is 7.11 Å². The molecule has 2 aromatic rings. The molecule has 0 unspecified atom stereocenters. The highest BCUT2D eigenvalue weighted by molar-refractivity contribution is 5.44. The summed E-state index contributed by atoms with van der Waals surface area (Å²) in [4.78, 5) is 3.66. The van der Waals surface area contributed by atoms with E-state index in [0.29, 0.717) is 11.5 Å². The first-order chi connectivity index (χ1) is 9.22. The summed E-state index contributed by atoms with van der Waals surface area (Å²) in [6.07, 6.45) is 2.05. The molecular weight excluding hydrogens is 245 g/mol. The van der Waals surface area contributed by atoms with Crippen molar-refractivity contribution >= 4 is 0 Å². The van der Waals surface area contributed by atoms with Crippen LogP contribution in [-0.4, -0.2) is 12.1 Å². The van der Waals surface area contributed by atoms with Crippen LogP contribution in [0.25, 0.3) is 0 Å². The normalized spacial score (nSPS) is 10.3. The summed E-state index contributed by atoms with van der Waals surface area (Å²) in [5.41, 5.74) is 1.18. The molecule has 0 aliphatic rings. The first kappa shape index (κ1) is 13.3. The first-order valence-electron chi connectivity index (χ1n) is 6.20. The van der Waals surface area contributed by atoms with E-state index in [4.69, 9.17) is 9.47 Å². The second-order valence-electron chi connectivity index (χ2n) is 4.14. The molecule has 0 bridgehead atoms. The van der Waals surface area contributed by atoms with Crippen molar-refractivity contribution < 1.29 is 13.9 Å². The van der Waals surface area contributed by atoms with E-state index >= 15 is 0 Å². The Bertz CT molecular complexity index is 558. The van der Waals surface area contributed by atoms with Crippen LogP contribution < -0.4 is 9.47 Å². The summed E-state index contributed by atoms with van der Waals surface area (Å²) in [6, 6.07) is 10.1. The van der Waals surface area contributed by atoms with Gasteiger partial charge in [-0.2, -0.15) is 9.37 Å². The predicted octanol–water partition coefficient (Wildman–Crippen LogP) is 3.97. The van der Waals surface area contributed by atoms with Crippen molar-refractivity contribution in [3.63, 3.8) is 0 Å². The van der Waals surface area contributed by atoms with Gasteiger partial charge in [-0.15, -0.1) is 0 Å². The Kier molecular flexibility index (Phi) is 4.34. The molecule has 19 heavy (non-hydrogen) atoms. The standard InChI is InChI=1S/C15H16FNO2/c1-3-5-11-8-9-12(13(10-11)18-2)19-15-7-4-6-14(16)17-15/h4,6-10H,3,5H2,1-2H3. The Balaban J connectivity index is 2.24. The second kappa shape index (κ2) is 6.18. The number of benzene rings is 1. The maximum Gasteiger partial charge on any atom is 0.222 e. The highest BCUT2D eigenvalue weighted by Crippen LogP contribution is 2.31. The SMILES string of the molecule is CCCc1ccc(Oc2cccc(F)n2)c(OC)c1. The van der Waals surface area contributed by atoms with Crippen LogP contribution in [0.3, 0.4) is 0 Å². The number of rotatable bonds is 5. The topological polar surface area (TPSA) is 31.4 Å². The van der Waals surface area contributed by atoms with Crippen molar-refractivity contribution in [3.05, 3.63) is 47.9 Å². The van der Waals surface area contributed by atoms with Gasteiger partial charge in [-0.3, -0.25) is 0 Å². The summed E-state index contributed by atoms with van der Waals surface area (Å²) in [6.45, 7) is 2.12. The summed E-state index contributed by atoms with van der Waals surface area (Å²) in [7, 11) is 1.58. The molecule has 0 radical (unpaired) electrons. The van der Waals surface area contributed by atoms with Crippen LogP contribution in [0.15, 0.2) is 36.4 Å². The van der Waals surface area contributed by atoms with Crippen LogP contribution in [-0.2, 0) is 6.42 Å². The molecule has 0 aliphatic heterocycles. The van der Waals surface area contributed by atoms with E-state index in [1.54, 1.807) is 19.2 Å². The van der Waals surface area contributed by atoms with Gasteiger partial charge in [0, 0.05) is 6.07 Å². The lowest BCUT2D eigenvalue weighted by Gasteiger charge is -2.11. The Morgan fingerprint density at radius 3 is 2.68 bits per heavy atom. The number of aromatic nitrogens is 1. The summed E-state index contributed by atoms with van der Waals surface area (Å²) < 4.78 is 23.8. The number of halogens is 1. The molecule has 0 fully saturated rings. The van der Waals surface area contributed by atoms with E-state index in [1.807, 2.05) is 18.2 Å². The van der Waals surface area contributed by atoms with Crippen molar-refractivity contribution in [3.8, 4) is 17.4 Å². The molecule has 100 valence electrons. The fourth-order valence-electron chi connectivity index (χ4n) is 1.80. The van der Waals surface area contributed by atoms with Gasteiger partial charge in [-0.1, -0.05) is 25.5 Å². The number of nitrogens with zero attached hydrogens (tertiary/aromatic N) is 1. The third-order valence-corrected chi connectivity index (χ3v) is 2.67. The number of ether oxygens (including phenoxy) is 2. The second-order valence-corrected chi connectivity index (χ2v) is 4.14. The van der Waals surface area contributed by atoms with Gasteiger partial charge in [0.15, 0.2) is 11.5 Å². The Labute approximate surface area is 112 Å². The smallest absolute Gasteiger partial charge is 0.222 e. The third kappa shape index (κ3) is 3.44. The Morgan fingerprint density at radius 2 is 2.00 bits per heavy atom. The van der Waals surface area contributed by atoms with E-state index in [0.717, 1.165) is 12.8 Å². The zero-order chi connectivity index (χ0) is 13.7. The summed E-state index contributed by atoms with van der Waals surface area (Å²) >= 11 is 0. The third-order valence-electron chi connectivity index (χ3n) is 2.67. The lowest BCUT2D eigenvalue weighted by Crippen LogP contribution is -1.94. The highest BCUT2D eigenvalue weighted by Gasteiger charge is 2.08. The largest absolute Gasteiger partial charge is 0.493 e. The van der Waals surface area contributed by atoms with E-state index in [-0.39, 0.29) is 5.88 Å². The van der Waals surface area contributed by atoms with Crippen molar-refractivity contribution in [1.29, 1.82) is 0 Å². The minimum Gasteiger partial charge on any atom is -0.493 e. The lowest BCUT2D eigenvalue weighted by atomic mass is 10.1. The maximum atomic E-state index is 13.0. The van der Waals surface area contributed by atoms with E-state index in [2.05, 4.69) is 11.9 Å². The van der Waals surface area contributed by atoms with Crippen LogP contribution in [0.2, 0.25) is 0 Å². The fraction of sp³-hybridized carbons (Fsp3) is 0.267. The number of pyridine rings is 1. The zero-order valence-electron chi connectivity index (χ0n) is 11.0. The molecule has 1 aromatic carbocycles. The lowest BCUT2D eigenvalue weighted by molar-refractivity contribution is 0.370. The summed E-state index contributed by atoms with van der Waals surface area (Å²) in [5, 5.41) is 0. The van der Waals surface area contributed by atoms with Gasteiger partial charge in [-0.05, 0) is 30.2 Å². The molecule has 0 N–H and O–H groups in total. The molecule has 0 saturated carbocycles. The molecule has 0 saturated heterocycles. The van der Waals surface area contributed by atoms with Crippen LogP contribution >= 0.6 is 0 Å². The van der Waals surface area contributed by atoms with Gasteiger partial charge in [0.2, 0.25) is 11.8 Å². The van der Waals surface area contributed by atoms with Crippen molar-refractivity contribution in [2.75, 3.05) is 7.11 Å². The van der Waals surface area contributed by atoms with E-state index < -0.39 is 5.95 Å². The number of aryl methyl sites for hydroxylation is 1. The molecule has 0 spiro atoms. The molecule has 0 amide bonds. The van der Waals surface area contributed by atoms with Gasteiger partial charge in [0.1, 0.15) is 0 Å².